The van der Waals surface area contributed by atoms with E-state index in [1.807, 2.05) is 29.6 Å². The fourth-order valence-corrected chi connectivity index (χ4v) is 3.29. The maximum absolute atomic E-state index is 12.2. The minimum absolute atomic E-state index is 0.0289. The van der Waals surface area contributed by atoms with Gasteiger partial charge in [0.2, 0.25) is 5.91 Å². The zero-order valence-corrected chi connectivity index (χ0v) is 14.4. The second kappa shape index (κ2) is 8.12. The highest BCUT2D eigenvalue weighted by Gasteiger charge is 2.22. The van der Waals surface area contributed by atoms with E-state index in [0.29, 0.717) is 18.0 Å². The zero-order chi connectivity index (χ0) is 16.8. The number of piperidine rings is 1. The van der Waals surface area contributed by atoms with Gasteiger partial charge in [-0.05, 0) is 25.0 Å². The van der Waals surface area contributed by atoms with E-state index in [9.17, 15) is 4.79 Å². The number of nitrogens with zero attached hydrogens (tertiary/aromatic N) is 2. The summed E-state index contributed by atoms with van der Waals surface area (Å²) in [6.07, 6.45) is 3.74. The lowest BCUT2D eigenvalue weighted by molar-refractivity contribution is -0.117. The van der Waals surface area contributed by atoms with Crippen molar-refractivity contribution in [2.24, 2.45) is 0 Å². The number of likely N-dealkylation sites (tertiary alicyclic amines) is 1. The largest absolute Gasteiger partial charge is 0.495 e. The summed E-state index contributed by atoms with van der Waals surface area (Å²) < 4.78 is 11.1. The average Bonchev–Trinajstić information content (AvgIpc) is 3.10. The number of carbonyl (C=O) groups is 1. The van der Waals surface area contributed by atoms with Crippen molar-refractivity contribution < 1.29 is 14.3 Å². The normalized spacial score (nSPS) is 15.9. The Morgan fingerprint density at radius 2 is 2.17 bits per heavy atom. The van der Waals surface area contributed by atoms with Crippen LogP contribution in [0.25, 0.3) is 0 Å². The van der Waals surface area contributed by atoms with Crippen LogP contribution in [-0.4, -0.2) is 48.6 Å². The van der Waals surface area contributed by atoms with Gasteiger partial charge in [0.1, 0.15) is 11.9 Å². The van der Waals surface area contributed by atoms with Gasteiger partial charge in [-0.3, -0.25) is 9.69 Å². The molecule has 0 radical (unpaired) electrons. The molecule has 1 saturated heterocycles. The highest BCUT2D eigenvalue weighted by Crippen LogP contribution is 2.23. The van der Waals surface area contributed by atoms with Crippen LogP contribution in [0.4, 0.5) is 5.69 Å². The van der Waals surface area contributed by atoms with Crippen molar-refractivity contribution in [1.29, 1.82) is 0 Å². The van der Waals surface area contributed by atoms with Crippen molar-refractivity contribution in [3.8, 4) is 10.9 Å². The first-order valence-corrected chi connectivity index (χ1v) is 8.84. The van der Waals surface area contributed by atoms with Gasteiger partial charge in [-0.1, -0.05) is 23.5 Å². The molecule has 1 aromatic carbocycles. The number of rotatable bonds is 6. The number of ether oxygens (including phenoxy) is 2. The van der Waals surface area contributed by atoms with Crippen molar-refractivity contribution >= 4 is 22.9 Å². The summed E-state index contributed by atoms with van der Waals surface area (Å²) >= 11 is 1.51. The third kappa shape index (κ3) is 4.46. The molecule has 0 aliphatic carbocycles. The van der Waals surface area contributed by atoms with Gasteiger partial charge in [-0.2, -0.15) is 0 Å². The van der Waals surface area contributed by atoms with Crippen LogP contribution in [0.5, 0.6) is 10.9 Å². The summed E-state index contributed by atoms with van der Waals surface area (Å²) in [5, 5.41) is 5.54. The Bertz CT molecular complexity index is 655. The molecule has 7 heteroatoms. The number of thiazole rings is 1. The molecule has 0 atom stereocenters. The molecule has 0 saturated carbocycles. The van der Waals surface area contributed by atoms with E-state index in [1.165, 1.54) is 11.3 Å². The summed E-state index contributed by atoms with van der Waals surface area (Å²) in [5.74, 6) is 0.639. The van der Waals surface area contributed by atoms with Crippen LogP contribution >= 0.6 is 11.3 Å². The summed E-state index contributed by atoms with van der Waals surface area (Å²) in [5.41, 5.74) is 0.701. The van der Waals surface area contributed by atoms with Gasteiger partial charge in [0.25, 0.3) is 5.19 Å². The van der Waals surface area contributed by atoms with E-state index in [-0.39, 0.29) is 12.0 Å². The lowest BCUT2D eigenvalue weighted by Crippen LogP contribution is -2.42. The van der Waals surface area contributed by atoms with Gasteiger partial charge in [-0.25, -0.2) is 4.98 Å². The van der Waals surface area contributed by atoms with Crippen LogP contribution in [0, 0.1) is 0 Å². The van der Waals surface area contributed by atoms with E-state index < -0.39 is 0 Å². The van der Waals surface area contributed by atoms with Gasteiger partial charge in [0.15, 0.2) is 0 Å². The first kappa shape index (κ1) is 16.7. The van der Waals surface area contributed by atoms with Crippen LogP contribution in [0.1, 0.15) is 12.8 Å². The Morgan fingerprint density at radius 3 is 2.88 bits per heavy atom. The van der Waals surface area contributed by atoms with Crippen LogP contribution < -0.4 is 14.8 Å². The molecule has 2 aromatic rings. The third-order valence-electron chi connectivity index (χ3n) is 3.96. The first-order valence-electron chi connectivity index (χ1n) is 7.96. The van der Waals surface area contributed by atoms with Crippen molar-refractivity contribution in [3.63, 3.8) is 0 Å². The summed E-state index contributed by atoms with van der Waals surface area (Å²) in [6.45, 7) is 2.06. The maximum atomic E-state index is 12.2. The lowest BCUT2D eigenvalue weighted by Gasteiger charge is -2.31. The fraction of sp³-hybridized carbons (Fsp3) is 0.412. The number of methoxy groups -OCH3 is 1. The predicted molar refractivity (Wildman–Crippen MR) is 93.8 cm³/mol. The number of para-hydroxylation sites is 2. The minimum Gasteiger partial charge on any atom is -0.495 e. The molecule has 1 aliphatic rings. The topological polar surface area (TPSA) is 63.7 Å². The molecule has 1 aliphatic heterocycles. The lowest BCUT2D eigenvalue weighted by atomic mass is 10.1. The highest BCUT2D eigenvalue weighted by atomic mass is 32.1. The van der Waals surface area contributed by atoms with Gasteiger partial charge in [0, 0.05) is 24.7 Å². The van der Waals surface area contributed by atoms with Crippen LogP contribution in [-0.2, 0) is 4.79 Å². The molecule has 1 fully saturated rings. The Kier molecular flexibility index (Phi) is 5.66. The number of hydrogen-bond donors (Lipinski definition) is 1. The molecule has 128 valence electrons. The van der Waals surface area contributed by atoms with Crippen molar-refractivity contribution in [1.82, 2.24) is 9.88 Å². The molecular formula is C17H21N3O3S. The molecule has 0 bridgehead atoms. The van der Waals surface area contributed by atoms with E-state index in [2.05, 4.69) is 15.2 Å². The van der Waals surface area contributed by atoms with E-state index in [0.717, 1.165) is 31.1 Å². The van der Waals surface area contributed by atoms with Gasteiger partial charge < -0.3 is 14.8 Å². The van der Waals surface area contributed by atoms with Gasteiger partial charge >= 0.3 is 0 Å². The molecule has 6 nitrogen and oxygen atoms in total. The SMILES string of the molecule is COc1ccccc1NC(=O)CN1CCC(Oc2nccs2)CC1. The van der Waals surface area contributed by atoms with Crippen LogP contribution in [0.3, 0.4) is 0 Å². The number of benzene rings is 1. The molecule has 24 heavy (non-hydrogen) atoms. The number of amides is 1. The molecule has 0 spiro atoms. The van der Waals surface area contributed by atoms with Gasteiger partial charge in [-0.15, -0.1) is 0 Å². The van der Waals surface area contributed by atoms with Crippen LogP contribution in [0.2, 0.25) is 0 Å². The maximum Gasteiger partial charge on any atom is 0.273 e. The van der Waals surface area contributed by atoms with Crippen molar-refractivity contribution in [2.75, 3.05) is 32.1 Å². The number of anilines is 1. The smallest absolute Gasteiger partial charge is 0.273 e. The molecule has 0 unspecified atom stereocenters. The highest BCUT2D eigenvalue weighted by molar-refractivity contribution is 7.11. The Labute approximate surface area is 145 Å². The second-order valence-corrected chi connectivity index (χ2v) is 6.50. The number of carbonyl (C=O) groups excluding carboxylic acids is 1. The third-order valence-corrected chi connectivity index (χ3v) is 4.62. The Balaban J connectivity index is 1.44. The number of nitrogens with one attached hydrogen (secondary N) is 1. The second-order valence-electron chi connectivity index (χ2n) is 5.64. The first-order chi connectivity index (χ1) is 11.7. The summed E-state index contributed by atoms with van der Waals surface area (Å²) in [4.78, 5) is 18.5. The minimum atomic E-state index is -0.0289. The van der Waals surface area contributed by atoms with E-state index in [1.54, 1.807) is 13.3 Å². The van der Waals surface area contributed by atoms with Crippen LogP contribution in [0.15, 0.2) is 35.8 Å². The van der Waals surface area contributed by atoms with E-state index >= 15 is 0 Å². The molecule has 1 N–H and O–H groups in total. The molecular weight excluding hydrogens is 326 g/mol. The predicted octanol–water partition coefficient (Wildman–Crippen LogP) is 2.63. The monoisotopic (exact) mass is 347 g/mol. The van der Waals surface area contributed by atoms with Gasteiger partial charge in [0.05, 0.1) is 19.3 Å². The molecule has 1 aromatic heterocycles. The molecule has 3 rings (SSSR count). The number of aromatic nitrogens is 1. The molecule has 2 heterocycles. The average molecular weight is 347 g/mol. The number of hydrogen-bond acceptors (Lipinski definition) is 6. The van der Waals surface area contributed by atoms with Crippen molar-refractivity contribution in [2.45, 2.75) is 18.9 Å². The fourth-order valence-electron chi connectivity index (χ4n) is 2.74. The summed E-state index contributed by atoms with van der Waals surface area (Å²) in [6, 6.07) is 7.42. The Morgan fingerprint density at radius 1 is 1.38 bits per heavy atom. The standard InChI is InChI=1S/C17H21N3O3S/c1-22-15-5-3-2-4-14(15)19-16(21)12-20-9-6-13(7-10-20)23-17-18-8-11-24-17/h2-5,8,11,13H,6-7,9-10,12H2,1H3,(H,19,21). The molecule has 1 amide bonds. The Hall–Kier alpha value is -2.12. The zero-order valence-electron chi connectivity index (χ0n) is 13.6. The van der Waals surface area contributed by atoms with Crippen molar-refractivity contribution in [3.05, 3.63) is 35.8 Å². The van der Waals surface area contributed by atoms with E-state index in [4.69, 9.17) is 9.47 Å². The summed E-state index contributed by atoms with van der Waals surface area (Å²) in [7, 11) is 1.60. The quantitative estimate of drug-likeness (QED) is 0.870.